The second-order valence-corrected chi connectivity index (χ2v) is 11.4. The Balaban J connectivity index is 0.000000185. The molecule has 2 aliphatic rings. The van der Waals surface area contributed by atoms with E-state index in [1.807, 2.05) is 12.1 Å². The van der Waals surface area contributed by atoms with Crippen LogP contribution in [0.25, 0.3) is 22.3 Å². The van der Waals surface area contributed by atoms with E-state index in [-0.39, 0.29) is 24.8 Å². The summed E-state index contributed by atoms with van der Waals surface area (Å²) in [5, 5.41) is 0. The number of rotatable bonds is 0. The molecule has 6 rings (SSSR count). The molecule has 0 saturated heterocycles. The summed E-state index contributed by atoms with van der Waals surface area (Å²) < 4.78 is 1.56. The van der Waals surface area contributed by atoms with E-state index in [1.165, 1.54) is 68.4 Å². The Hall–Kier alpha value is -1.80. The van der Waals surface area contributed by atoms with Gasteiger partial charge in [-0.25, -0.2) is 0 Å². The van der Waals surface area contributed by atoms with Crippen LogP contribution in [0.15, 0.2) is 84.9 Å². The molecule has 0 radical (unpaired) electrons. The molecule has 0 spiro atoms. The Bertz CT molecular complexity index is 1020. The van der Waals surface area contributed by atoms with Gasteiger partial charge in [0.05, 0.1) is 0 Å². The van der Waals surface area contributed by atoms with E-state index in [9.17, 15) is 0 Å². The fourth-order valence-corrected chi connectivity index (χ4v) is 4.00. The van der Waals surface area contributed by atoms with Gasteiger partial charge in [0.2, 0.25) is 0 Å². The summed E-state index contributed by atoms with van der Waals surface area (Å²) in [7, 11) is 0. The molecule has 0 heterocycles. The average molecular weight is 622 g/mol. The minimum atomic E-state index is 0. The van der Waals surface area contributed by atoms with Crippen molar-refractivity contribution in [1.29, 1.82) is 0 Å². The van der Waals surface area contributed by atoms with Crippen LogP contribution in [-0.2, 0) is 36.7 Å². The van der Waals surface area contributed by atoms with Crippen LogP contribution >= 0.6 is 0 Å². The van der Waals surface area contributed by atoms with Crippen molar-refractivity contribution in [3.8, 4) is 22.3 Å². The Morgan fingerprint density at radius 1 is 0.594 bits per heavy atom. The zero-order valence-corrected chi connectivity index (χ0v) is 23.4. The summed E-state index contributed by atoms with van der Waals surface area (Å²) in [6.07, 6.45) is 2.10. The Morgan fingerprint density at radius 3 is 1.34 bits per heavy atom. The topological polar surface area (TPSA) is 0 Å². The predicted octanol–water partition coefficient (Wildman–Crippen LogP) is 0.869. The molecule has 0 fully saturated rings. The first-order chi connectivity index (χ1) is 14.6. The monoisotopic (exact) mass is 622 g/mol. The van der Waals surface area contributed by atoms with E-state index in [0.717, 1.165) is 12.8 Å². The molecule has 0 saturated carbocycles. The maximum absolute atomic E-state index is 3.30. The van der Waals surface area contributed by atoms with Crippen LogP contribution < -0.4 is 24.8 Å². The molecule has 0 bridgehead atoms. The van der Waals surface area contributed by atoms with Gasteiger partial charge in [-0.05, 0) is 12.8 Å². The predicted molar refractivity (Wildman–Crippen MR) is 123 cm³/mol. The first-order valence-electron chi connectivity index (χ1n) is 10.3. The van der Waals surface area contributed by atoms with Gasteiger partial charge < -0.3 is 24.8 Å². The second-order valence-electron chi connectivity index (χ2n) is 7.79. The van der Waals surface area contributed by atoms with E-state index in [4.69, 9.17) is 0 Å². The van der Waals surface area contributed by atoms with Crippen molar-refractivity contribution < 1.29 is 48.7 Å². The normalized spacial score (nSPS) is 10.9. The summed E-state index contributed by atoms with van der Waals surface area (Å²) in [5.74, 6) is 0. The first kappa shape index (κ1) is 26.5. The molecule has 2 aliphatic carbocycles. The van der Waals surface area contributed by atoms with Crippen LogP contribution in [0.2, 0.25) is 0 Å². The number of hydrogen-bond acceptors (Lipinski definition) is 0. The van der Waals surface area contributed by atoms with Crippen LogP contribution in [0.3, 0.4) is 0 Å². The van der Waals surface area contributed by atoms with Crippen molar-refractivity contribution in [3.05, 3.63) is 119 Å². The van der Waals surface area contributed by atoms with Gasteiger partial charge in [-0.15, -0.1) is 11.1 Å². The van der Waals surface area contributed by atoms with Crippen molar-refractivity contribution in [1.82, 2.24) is 0 Å². The molecular weight excluding hydrogens is 598 g/mol. The largest absolute Gasteiger partial charge is 1.00 e. The zero-order chi connectivity index (χ0) is 20.9. The van der Waals surface area contributed by atoms with E-state index in [0.29, 0.717) is 0 Å². The number of fused-ring (bicyclic) bond motifs is 6. The fraction of sp³-hybridized carbons (Fsp3) is 0.138. The molecule has 0 atom stereocenters. The smallest absolute Gasteiger partial charge is 0.0253 e. The van der Waals surface area contributed by atoms with Crippen molar-refractivity contribution in [2.45, 2.75) is 26.7 Å². The molecule has 32 heavy (non-hydrogen) atoms. The minimum Gasteiger partial charge on any atom is -1.00 e. The average Bonchev–Trinajstić information content (AvgIpc) is 3.32. The van der Waals surface area contributed by atoms with E-state index in [1.54, 1.807) is 3.26 Å². The molecule has 0 amide bonds. The summed E-state index contributed by atoms with van der Waals surface area (Å²) in [4.78, 5) is 0. The third-order valence-electron chi connectivity index (χ3n) is 5.23. The molecule has 0 aliphatic heterocycles. The Kier molecular flexibility index (Phi) is 10.3. The van der Waals surface area contributed by atoms with Crippen LogP contribution in [0.4, 0.5) is 0 Å². The van der Waals surface area contributed by atoms with Crippen LogP contribution in [0.5, 0.6) is 0 Å². The summed E-state index contributed by atoms with van der Waals surface area (Å²) >= 11 is 1.27. The minimum absolute atomic E-state index is 0. The zero-order valence-electron chi connectivity index (χ0n) is 18.3. The SMILES string of the molecule is C[C](C)=[Hf+2].[Cl-].[Cl-].[c-]1cccc2c1Cc1ccccc1-2.[c-]1cccc2c1Cc1ccccc1-2. The van der Waals surface area contributed by atoms with Crippen LogP contribution in [-0.4, -0.2) is 3.26 Å². The van der Waals surface area contributed by atoms with Gasteiger partial charge >= 0.3 is 41.0 Å². The van der Waals surface area contributed by atoms with E-state index < -0.39 is 0 Å². The van der Waals surface area contributed by atoms with Gasteiger partial charge in [0.15, 0.2) is 0 Å². The standard InChI is InChI=1S/2C13H9.C3H6.2ClH.Hf/c2*1-3-7-12-10(5-1)9-11-6-2-4-8-13(11)12;1-3-2;;;/h2*1-5,7-8H,9H2;1-2H3;2*1H;/q2*-1;;;;+2/p-2. The van der Waals surface area contributed by atoms with Crippen LogP contribution in [0.1, 0.15) is 36.1 Å². The molecule has 0 unspecified atom stereocenters. The Labute approximate surface area is 219 Å². The van der Waals surface area contributed by atoms with Gasteiger partial charge in [0.1, 0.15) is 0 Å². The number of hydrogen-bond donors (Lipinski definition) is 0. The Morgan fingerprint density at radius 2 is 0.938 bits per heavy atom. The molecule has 0 N–H and O–H groups in total. The summed E-state index contributed by atoms with van der Waals surface area (Å²) in [6.45, 7) is 4.29. The molecule has 4 aromatic carbocycles. The molecule has 0 nitrogen and oxygen atoms in total. The van der Waals surface area contributed by atoms with Gasteiger partial charge in [0, 0.05) is 0 Å². The third kappa shape index (κ3) is 6.16. The molecule has 0 aromatic heterocycles. The van der Waals surface area contributed by atoms with Crippen molar-refractivity contribution in [3.63, 3.8) is 0 Å². The number of halogens is 2. The fourth-order valence-electron chi connectivity index (χ4n) is 4.00. The summed E-state index contributed by atoms with van der Waals surface area (Å²) in [5.41, 5.74) is 11.0. The molecule has 160 valence electrons. The van der Waals surface area contributed by atoms with E-state index in [2.05, 4.69) is 98.8 Å². The summed E-state index contributed by atoms with van der Waals surface area (Å²) in [6, 6.07) is 36.2. The second kappa shape index (κ2) is 12.4. The maximum Gasteiger partial charge on any atom is -0.0253 e. The number of benzene rings is 4. The molecular formula is C29H24Cl2Hf-2. The molecule has 3 heteroatoms. The van der Waals surface area contributed by atoms with Crippen molar-refractivity contribution in [2.24, 2.45) is 0 Å². The maximum atomic E-state index is 3.30. The molecule has 4 aromatic rings. The van der Waals surface area contributed by atoms with E-state index >= 15 is 0 Å². The van der Waals surface area contributed by atoms with Gasteiger partial charge in [-0.3, -0.25) is 0 Å². The quantitative estimate of drug-likeness (QED) is 0.175. The van der Waals surface area contributed by atoms with Crippen LogP contribution in [0, 0.1) is 12.1 Å². The first-order valence-corrected chi connectivity index (χ1v) is 12.1. The third-order valence-corrected chi connectivity index (χ3v) is 5.23. The van der Waals surface area contributed by atoms with Crippen molar-refractivity contribution >= 4 is 3.26 Å². The van der Waals surface area contributed by atoms with Gasteiger partial charge in [-0.2, -0.15) is 59.7 Å². The van der Waals surface area contributed by atoms with Gasteiger partial charge in [-0.1, -0.05) is 70.8 Å². The van der Waals surface area contributed by atoms with Gasteiger partial charge in [0.25, 0.3) is 0 Å². The van der Waals surface area contributed by atoms with Crippen molar-refractivity contribution in [2.75, 3.05) is 0 Å².